The molecule has 0 spiro atoms. The van der Waals surface area contributed by atoms with E-state index in [1.165, 1.54) is 12.8 Å². The van der Waals surface area contributed by atoms with Crippen LogP contribution in [0.2, 0.25) is 0 Å². The van der Waals surface area contributed by atoms with Gasteiger partial charge in [-0.3, -0.25) is 4.98 Å². The number of benzene rings is 1. The molecule has 3 aromatic rings. The highest BCUT2D eigenvalue weighted by atomic mass is 15.0. The van der Waals surface area contributed by atoms with Gasteiger partial charge in [0, 0.05) is 34.8 Å². The van der Waals surface area contributed by atoms with Gasteiger partial charge in [0.25, 0.3) is 0 Å². The van der Waals surface area contributed by atoms with Gasteiger partial charge in [0.15, 0.2) is 5.82 Å². The second kappa shape index (κ2) is 4.27. The highest BCUT2D eigenvalue weighted by Gasteiger charge is 2.26. The number of hydrogen-bond acceptors (Lipinski definition) is 4. The third-order valence-electron chi connectivity index (χ3n) is 3.64. The lowest BCUT2D eigenvalue weighted by Gasteiger charge is -2.07. The molecule has 2 heterocycles. The highest BCUT2D eigenvalue weighted by molar-refractivity contribution is 5.91. The number of anilines is 1. The molecule has 0 amide bonds. The second-order valence-electron chi connectivity index (χ2n) is 5.20. The fraction of sp³-hybridized carbons (Fsp3) is 0.188. The van der Waals surface area contributed by atoms with E-state index in [9.17, 15) is 0 Å². The van der Waals surface area contributed by atoms with Gasteiger partial charge in [-0.15, -0.1) is 0 Å². The summed E-state index contributed by atoms with van der Waals surface area (Å²) in [5.74, 6) is 1.77. The molecule has 1 aliphatic carbocycles. The molecule has 0 atom stereocenters. The van der Waals surface area contributed by atoms with Crippen molar-refractivity contribution < 1.29 is 0 Å². The van der Waals surface area contributed by atoms with E-state index in [0.717, 1.165) is 22.2 Å². The van der Waals surface area contributed by atoms with Crippen LogP contribution in [0.1, 0.15) is 24.5 Å². The zero-order valence-electron chi connectivity index (χ0n) is 11.0. The maximum atomic E-state index is 5.93. The molecular weight excluding hydrogens is 248 g/mol. The number of nitrogen functional groups attached to an aromatic ring is 1. The van der Waals surface area contributed by atoms with E-state index in [4.69, 9.17) is 5.73 Å². The van der Waals surface area contributed by atoms with Crippen LogP contribution in [-0.2, 0) is 0 Å². The Morgan fingerprint density at radius 1 is 1.05 bits per heavy atom. The summed E-state index contributed by atoms with van der Waals surface area (Å²) in [4.78, 5) is 13.5. The number of rotatable bonds is 2. The minimum absolute atomic E-state index is 0.532. The van der Waals surface area contributed by atoms with Crippen molar-refractivity contribution in [3.63, 3.8) is 0 Å². The third-order valence-corrected chi connectivity index (χ3v) is 3.64. The first-order valence-electron chi connectivity index (χ1n) is 6.80. The normalized spacial score (nSPS) is 14.6. The summed E-state index contributed by atoms with van der Waals surface area (Å²) in [7, 11) is 0. The molecule has 0 bridgehead atoms. The summed E-state index contributed by atoms with van der Waals surface area (Å²) in [6.07, 6.45) is 4.19. The largest absolute Gasteiger partial charge is 0.384 e. The molecular formula is C16H14N4. The van der Waals surface area contributed by atoms with Gasteiger partial charge in [0.05, 0.1) is 5.52 Å². The van der Waals surface area contributed by atoms with Crippen molar-refractivity contribution in [2.75, 3.05) is 5.73 Å². The van der Waals surface area contributed by atoms with Gasteiger partial charge < -0.3 is 5.73 Å². The van der Waals surface area contributed by atoms with E-state index in [-0.39, 0.29) is 0 Å². The van der Waals surface area contributed by atoms with Crippen LogP contribution in [0, 0.1) is 0 Å². The van der Waals surface area contributed by atoms with Crippen molar-refractivity contribution in [2.24, 2.45) is 0 Å². The van der Waals surface area contributed by atoms with E-state index < -0.39 is 0 Å². The lowest BCUT2D eigenvalue weighted by Crippen LogP contribution is -2.00. The van der Waals surface area contributed by atoms with Crippen LogP contribution < -0.4 is 5.73 Å². The quantitative estimate of drug-likeness (QED) is 0.770. The predicted molar refractivity (Wildman–Crippen MR) is 79.2 cm³/mol. The molecule has 4 nitrogen and oxygen atoms in total. The Labute approximate surface area is 116 Å². The van der Waals surface area contributed by atoms with E-state index in [1.54, 1.807) is 6.20 Å². The SMILES string of the molecule is Nc1cc(C2CC2)nc(-c2cccc3cccnc23)n1. The molecule has 1 fully saturated rings. The van der Waals surface area contributed by atoms with E-state index in [0.29, 0.717) is 17.6 Å². The molecule has 1 aliphatic rings. The van der Waals surface area contributed by atoms with Crippen molar-refractivity contribution in [3.05, 3.63) is 48.3 Å². The van der Waals surface area contributed by atoms with Crippen LogP contribution >= 0.6 is 0 Å². The Kier molecular flexibility index (Phi) is 2.42. The monoisotopic (exact) mass is 262 g/mol. The summed E-state index contributed by atoms with van der Waals surface area (Å²) >= 11 is 0. The molecule has 1 aromatic carbocycles. The van der Waals surface area contributed by atoms with Crippen molar-refractivity contribution in [3.8, 4) is 11.4 Å². The van der Waals surface area contributed by atoms with Gasteiger partial charge in [-0.05, 0) is 25.0 Å². The average Bonchev–Trinajstić information content (AvgIpc) is 3.30. The topological polar surface area (TPSA) is 64.7 Å². The summed E-state index contributed by atoms with van der Waals surface area (Å²) in [5, 5.41) is 1.09. The first-order valence-corrected chi connectivity index (χ1v) is 6.80. The Balaban J connectivity index is 1.94. The summed E-state index contributed by atoms with van der Waals surface area (Å²) < 4.78 is 0. The average molecular weight is 262 g/mol. The van der Waals surface area contributed by atoms with Gasteiger partial charge in [-0.2, -0.15) is 0 Å². The zero-order chi connectivity index (χ0) is 13.5. The van der Waals surface area contributed by atoms with Gasteiger partial charge in [0.2, 0.25) is 0 Å². The summed E-state index contributed by atoms with van der Waals surface area (Å²) in [6, 6.07) is 11.9. The van der Waals surface area contributed by atoms with Gasteiger partial charge in [0.1, 0.15) is 5.82 Å². The molecule has 20 heavy (non-hydrogen) atoms. The number of nitrogens with zero attached hydrogens (tertiary/aromatic N) is 3. The molecule has 98 valence electrons. The standard InChI is InChI=1S/C16H14N4/c17-14-9-13(10-6-7-10)19-16(20-14)12-5-1-3-11-4-2-8-18-15(11)12/h1-5,8-10H,6-7H2,(H2,17,19,20). The highest BCUT2D eigenvalue weighted by Crippen LogP contribution is 2.40. The predicted octanol–water partition coefficient (Wildman–Crippen LogP) is 3.15. The van der Waals surface area contributed by atoms with Crippen molar-refractivity contribution in [1.29, 1.82) is 0 Å². The molecule has 4 rings (SSSR count). The number of pyridine rings is 1. The third kappa shape index (κ3) is 1.90. The molecule has 2 N–H and O–H groups in total. The van der Waals surface area contributed by atoms with Crippen molar-refractivity contribution in [2.45, 2.75) is 18.8 Å². The summed E-state index contributed by atoms with van der Waals surface area (Å²) in [5.41, 5.74) is 8.85. The number of aromatic nitrogens is 3. The maximum absolute atomic E-state index is 5.93. The minimum Gasteiger partial charge on any atom is -0.384 e. The lowest BCUT2D eigenvalue weighted by atomic mass is 10.1. The number of para-hydroxylation sites is 1. The fourth-order valence-corrected chi connectivity index (χ4v) is 2.48. The number of nitrogens with two attached hydrogens (primary N) is 1. The Hall–Kier alpha value is -2.49. The molecule has 0 aliphatic heterocycles. The van der Waals surface area contributed by atoms with Crippen LogP contribution in [0.5, 0.6) is 0 Å². The van der Waals surface area contributed by atoms with Gasteiger partial charge in [-0.1, -0.05) is 18.2 Å². The lowest BCUT2D eigenvalue weighted by molar-refractivity contribution is 0.999. The maximum Gasteiger partial charge on any atom is 0.163 e. The van der Waals surface area contributed by atoms with Crippen LogP contribution in [0.4, 0.5) is 5.82 Å². The van der Waals surface area contributed by atoms with Crippen LogP contribution in [0.25, 0.3) is 22.3 Å². The number of hydrogen-bond donors (Lipinski definition) is 1. The van der Waals surface area contributed by atoms with Crippen LogP contribution in [-0.4, -0.2) is 15.0 Å². The molecule has 0 unspecified atom stereocenters. The second-order valence-corrected chi connectivity index (χ2v) is 5.20. The molecule has 2 aromatic heterocycles. The molecule has 0 saturated heterocycles. The number of fused-ring (bicyclic) bond motifs is 1. The first kappa shape index (κ1) is 11.3. The Morgan fingerprint density at radius 2 is 1.90 bits per heavy atom. The Bertz CT molecular complexity index is 788. The zero-order valence-corrected chi connectivity index (χ0v) is 11.0. The van der Waals surface area contributed by atoms with E-state index in [1.807, 2.05) is 36.4 Å². The van der Waals surface area contributed by atoms with Crippen LogP contribution in [0.3, 0.4) is 0 Å². The minimum atomic E-state index is 0.532. The fourth-order valence-electron chi connectivity index (χ4n) is 2.48. The van der Waals surface area contributed by atoms with Crippen molar-refractivity contribution in [1.82, 2.24) is 15.0 Å². The molecule has 1 saturated carbocycles. The van der Waals surface area contributed by atoms with Gasteiger partial charge in [-0.25, -0.2) is 9.97 Å². The first-order chi connectivity index (χ1) is 9.81. The molecule has 0 radical (unpaired) electrons. The Morgan fingerprint density at radius 3 is 2.75 bits per heavy atom. The molecule has 4 heteroatoms. The smallest absolute Gasteiger partial charge is 0.163 e. The van der Waals surface area contributed by atoms with Gasteiger partial charge >= 0.3 is 0 Å². The van der Waals surface area contributed by atoms with Crippen LogP contribution in [0.15, 0.2) is 42.6 Å². The van der Waals surface area contributed by atoms with E-state index in [2.05, 4.69) is 15.0 Å². The summed E-state index contributed by atoms with van der Waals surface area (Å²) in [6.45, 7) is 0. The van der Waals surface area contributed by atoms with Crippen molar-refractivity contribution >= 4 is 16.7 Å². The van der Waals surface area contributed by atoms with E-state index >= 15 is 0 Å².